The third-order valence-electron chi connectivity index (χ3n) is 6.09. The number of pyridine rings is 1. The Morgan fingerprint density at radius 3 is 2.42 bits per heavy atom. The number of hydrogen-bond donors (Lipinski definition) is 0. The van der Waals surface area contributed by atoms with Crippen molar-refractivity contribution in [2.45, 2.75) is 26.2 Å². The first-order chi connectivity index (χ1) is 15.9. The van der Waals surface area contributed by atoms with E-state index in [-0.39, 0.29) is 11.2 Å². The second kappa shape index (κ2) is 7.01. The van der Waals surface area contributed by atoms with Gasteiger partial charge in [0.2, 0.25) is 0 Å². The van der Waals surface area contributed by atoms with Crippen LogP contribution >= 0.6 is 0 Å². The number of para-hydroxylation sites is 2. The molecule has 0 aliphatic carbocycles. The summed E-state index contributed by atoms with van der Waals surface area (Å²) >= 11 is 0. The van der Waals surface area contributed by atoms with Gasteiger partial charge in [-0.1, -0.05) is 57.2 Å². The van der Waals surface area contributed by atoms with Gasteiger partial charge < -0.3 is 4.42 Å². The van der Waals surface area contributed by atoms with E-state index in [1.54, 1.807) is 12.3 Å². The fourth-order valence-electron chi connectivity index (χ4n) is 4.58. The molecule has 0 aliphatic heterocycles. The number of hydrogen-bond acceptors (Lipinski definition) is 3. The van der Waals surface area contributed by atoms with Gasteiger partial charge in [-0.15, -0.1) is 0 Å². The number of rotatable bonds is 2. The minimum atomic E-state index is -0.311. The third kappa shape index (κ3) is 2.96. The second-order valence-electron chi connectivity index (χ2n) is 9.28. The normalized spacial score (nSPS) is 12.2. The number of furan rings is 1. The highest BCUT2D eigenvalue weighted by Crippen LogP contribution is 2.40. The van der Waals surface area contributed by atoms with Crippen LogP contribution in [0.15, 0.2) is 83.4 Å². The van der Waals surface area contributed by atoms with Crippen molar-refractivity contribution >= 4 is 33.1 Å². The summed E-state index contributed by atoms with van der Waals surface area (Å²) in [6.07, 6.45) is 1.80. The molecule has 33 heavy (non-hydrogen) atoms. The number of benzene rings is 3. The van der Waals surface area contributed by atoms with Crippen LogP contribution in [0.4, 0.5) is 4.39 Å². The van der Waals surface area contributed by atoms with Crippen molar-refractivity contribution in [2.24, 2.45) is 0 Å². The van der Waals surface area contributed by atoms with Crippen molar-refractivity contribution in [3.05, 3.63) is 90.4 Å². The Morgan fingerprint density at radius 2 is 1.64 bits per heavy atom. The van der Waals surface area contributed by atoms with Gasteiger partial charge in [0, 0.05) is 17.3 Å². The lowest BCUT2D eigenvalue weighted by Gasteiger charge is -2.21. The van der Waals surface area contributed by atoms with E-state index >= 15 is 0 Å². The van der Waals surface area contributed by atoms with Gasteiger partial charge in [0.25, 0.3) is 0 Å². The van der Waals surface area contributed by atoms with Crippen LogP contribution in [0.1, 0.15) is 26.3 Å². The van der Waals surface area contributed by atoms with E-state index in [4.69, 9.17) is 9.40 Å². The maximum atomic E-state index is 15.0. The van der Waals surface area contributed by atoms with E-state index in [2.05, 4.69) is 36.4 Å². The van der Waals surface area contributed by atoms with E-state index in [1.807, 2.05) is 54.6 Å². The SMILES string of the molecule is CC(C)(C)c1ccnc2nc(-c3ccc(F)c4c3oc3ccccc34)n(-c3ccccc3)c12. The summed E-state index contributed by atoms with van der Waals surface area (Å²) in [5.74, 6) is 0.360. The first kappa shape index (κ1) is 19.7. The average Bonchev–Trinajstić information content (AvgIpc) is 3.38. The zero-order valence-corrected chi connectivity index (χ0v) is 18.6. The highest BCUT2D eigenvalue weighted by atomic mass is 19.1. The first-order valence-electron chi connectivity index (χ1n) is 11.0. The minimum Gasteiger partial charge on any atom is -0.455 e. The van der Waals surface area contributed by atoms with Crippen molar-refractivity contribution in [3.63, 3.8) is 0 Å². The van der Waals surface area contributed by atoms with Crippen LogP contribution in [-0.2, 0) is 5.41 Å². The zero-order chi connectivity index (χ0) is 22.7. The predicted octanol–water partition coefficient (Wildman–Crippen LogP) is 7.42. The Bertz CT molecular complexity index is 1660. The lowest BCUT2D eigenvalue weighted by molar-refractivity contribution is 0.593. The lowest BCUT2D eigenvalue weighted by atomic mass is 9.87. The number of halogens is 1. The number of nitrogens with zero attached hydrogens (tertiary/aromatic N) is 3. The molecule has 4 nitrogen and oxygen atoms in total. The molecule has 6 aromatic rings. The Balaban J connectivity index is 1.78. The highest BCUT2D eigenvalue weighted by molar-refractivity contribution is 6.09. The Hall–Kier alpha value is -3.99. The lowest BCUT2D eigenvalue weighted by Crippen LogP contribution is -2.13. The molecule has 162 valence electrons. The molecule has 0 saturated heterocycles. The molecular formula is C28H22FN3O. The summed E-state index contributed by atoms with van der Waals surface area (Å²) in [7, 11) is 0. The molecule has 6 rings (SSSR count). The highest BCUT2D eigenvalue weighted by Gasteiger charge is 2.26. The maximum absolute atomic E-state index is 15.0. The summed E-state index contributed by atoms with van der Waals surface area (Å²) in [6, 6.07) is 22.9. The minimum absolute atomic E-state index is 0.123. The van der Waals surface area contributed by atoms with Crippen LogP contribution in [0.2, 0.25) is 0 Å². The molecule has 3 aromatic carbocycles. The standard InChI is InChI=1S/C28H22FN3O/c1-28(2,3)20-15-16-30-26-24(20)32(17-9-5-4-6-10-17)27(31-26)19-13-14-21(29)23-18-11-7-8-12-22(18)33-25(19)23/h4-16H,1-3H3. The van der Waals surface area contributed by atoms with Crippen molar-refractivity contribution in [3.8, 4) is 17.1 Å². The summed E-state index contributed by atoms with van der Waals surface area (Å²) < 4.78 is 23.3. The van der Waals surface area contributed by atoms with Crippen molar-refractivity contribution < 1.29 is 8.81 Å². The molecule has 0 bridgehead atoms. The van der Waals surface area contributed by atoms with E-state index in [0.29, 0.717) is 28.0 Å². The number of fused-ring (bicyclic) bond motifs is 4. The predicted molar refractivity (Wildman–Crippen MR) is 130 cm³/mol. The quantitative estimate of drug-likeness (QED) is 0.284. The summed E-state index contributed by atoms with van der Waals surface area (Å²) in [5, 5.41) is 1.22. The van der Waals surface area contributed by atoms with Gasteiger partial charge in [0.15, 0.2) is 11.5 Å². The van der Waals surface area contributed by atoms with Gasteiger partial charge >= 0.3 is 0 Å². The first-order valence-corrected chi connectivity index (χ1v) is 11.0. The van der Waals surface area contributed by atoms with Crippen LogP contribution < -0.4 is 0 Å². The van der Waals surface area contributed by atoms with E-state index < -0.39 is 0 Å². The molecule has 0 N–H and O–H groups in total. The number of imidazole rings is 1. The van der Waals surface area contributed by atoms with Crippen LogP contribution in [0.25, 0.3) is 50.2 Å². The maximum Gasteiger partial charge on any atom is 0.178 e. The Kier molecular flexibility index (Phi) is 4.18. The van der Waals surface area contributed by atoms with Crippen LogP contribution in [0.3, 0.4) is 0 Å². The van der Waals surface area contributed by atoms with Crippen LogP contribution in [0.5, 0.6) is 0 Å². The van der Waals surface area contributed by atoms with Gasteiger partial charge in [-0.05, 0) is 47.4 Å². The molecule has 0 saturated carbocycles. The molecule has 0 aliphatic rings. The summed E-state index contributed by atoms with van der Waals surface area (Å²) in [6.45, 7) is 6.54. The molecule has 0 fully saturated rings. The molecule has 0 radical (unpaired) electrons. The van der Waals surface area contributed by atoms with Crippen molar-refractivity contribution in [1.82, 2.24) is 14.5 Å². The molecule has 3 heterocycles. The molecular weight excluding hydrogens is 413 g/mol. The van der Waals surface area contributed by atoms with Gasteiger partial charge in [-0.3, -0.25) is 4.57 Å². The topological polar surface area (TPSA) is 43.9 Å². The van der Waals surface area contributed by atoms with E-state index in [9.17, 15) is 4.39 Å². The van der Waals surface area contributed by atoms with Crippen LogP contribution in [0, 0.1) is 5.82 Å². The summed E-state index contributed by atoms with van der Waals surface area (Å²) in [4.78, 5) is 9.54. The van der Waals surface area contributed by atoms with E-state index in [1.165, 1.54) is 6.07 Å². The van der Waals surface area contributed by atoms with Crippen molar-refractivity contribution in [2.75, 3.05) is 0 Å². The monoisotopic (exact) mass is 435 g/mol. The average molecular weight is 436 g/mol. The third-order valence-corrected chi connectivity index (χ3v) is 6.09. The smallest absolute Gasteiger partial charge is 0.178 e. The molecule has 3 aromatic heterocycles. The fraction of sp³-hybridized carbons (Fsp3) is 0.143. The van der Waals surface area contributed by atoms with Gasteiger partial charge in [-0.25, -0.2) is 14.4 Å². The van der Waals surface area contributed by atoms with Gasteiger partial charge in [-0.2, -0.15) is 0 Å². The van der Waals surface area contributed by atoms with E-state index in [0.717, 1.165) is 27.7 Å². The molecule has 0 atom stereocenters. The molecule has 0 spiro atoms. The van der Waals surface area contributed by atoms with Crippen molar-refractivity contribution in [1.29, 1.82) is 0 Å². The second-order valence-corrected chi connectivity index (χ2v) is 9.28. The Morgan fingerprint density at radius 1 is 0.879 bits per heavy atom. The molecule has 0 unspecified atom stereocenters. The van der Waals surface area contributed by atoms with Gasteiger partial charge in [0.05, 0.1) is 16.5 Å². The zero-order valence-electron chi connectivity index (χ0n) is 18.6. The largest absolute Gasteiger partial charge is 0.455 e. The fourth-order valence-corrected chi connectivity index (χ4v) is 4.58. The van der Waals surface area contributed by atoms with Crippen LogP contribution in [-0.4, -0.2) is 14.5 Å². The van der Waals surface area contributed by atoms with Gasteiger partial charge in [0.1, 0.15) is 17.0 Å². The molecule has 5 heteroatoms. The number of aromatic nitrogens is 3. The summed E-state index contributed by atoms with van der Waals surface area (Å²) in [5.41, 5.74) is 5.43. The Labute approximate surface area is 190 Å². The molecule has 0 amide bonds.